The molecule has 4 aromatic carbocycles. The van der Waals surface area contributed by atoms with Crippen LogP contribution in [0.1, 0.15) is 11.1 Å². The Kier molecular flexibility index (Phi) is 4.43. The van der Waals surface area contributed by atoms with Gasteiger partial charge in [0, 0.05) is 8.95 Å². The first kappa shape index (κ1) is 15.9. The maximum Gasteiger partial charge on any atom is 0.0253 e. The Morgan fingerprint density at radius 3 is 1.25 bits per heavy atom. The van der Waals surface area contributed by atoms with Crippen molar-refractivity contribution < 1.29 is 0 Å². The summed E-state index contributed by atoms with van der Waals surface area (Å²) < 4.78 is 2.33. The molecule has 4 aromatic rings. The highest BCUT2D eigenvalue weighted by molar-refractivity contribution is 9.11. The molecule has 118 valence electrons. The van der Waals surface area contributed by atoms with Gasteiger partial charge >= 0.3 is 0 Å². The fraction of sp³-hybridized carbons (Fsp3) is 0.0909. The van der Waals surface area contributed by atoms with E-state index in [9.17, 15) is 0 Å². The van der Waals surface area contributed by atoms with Gasteiger partial charge in [-0.3, -0.25) is 0 Å². The zero-order chi connectivity index (χ0) is 16.5. The van der Waals surface area contributed by atoms with Gasteiger partial charge in [0.25, 0.3) is 0 Å². The Hall–Kier alpha value is -1.64. The average Bonchev–Trinajstić information content (AvgIpc) is 2.63. The molecule has 4 rings (SSSR count). The molecule has 0 fully saturated rings. The normalized spacial score (nSPS) is 11.2. The van der Waals surface area contributed by atoms with Crippen molar-refractivity contribution in [2.45, 2.75) is 12.8 Å². The number of hydrogen-bond acceptors (Lipinski definition) is 0. The summed E-state index contributed by atoms with van der Waals surface area (Å²) in [4.78, 5) is 0. The van der Waals surface area contributed by atoms with Crippen LogP contribution in [-0.4, -0.2) is 0 Å². The van der Waals surface area contributed by atoms with Crippen LogP contribution in [0.25, 0.3) is 21.5 Å². The van der Waals surface area contributed by atoms with Crippen LogP contribution in [0.3, 0.4) is 0 Å². The summed E-state index contributed by atoms with van der Waals surface area (Å²) in [5.74, 6) is 0. The van der Waals surface area contributed by atoms with Crippen molar-refractivity contribution in [2.75, 3.05) is 0 Å². The molecule has 0 aromatic heterocycles. The molecular formula is C22H16Br2. The summed E-state index contributed by atoms with van der Waals surface area (Å²) in [5, 5.41) is 5.26. The Morgan fingerprint density at radius 2 is 0.833 bits per heavy atom. The number of fused-ring (bicyclic) bond motifs is 2. The first-order valence-electron chi connectivity index (χ1n) is 8.06. The summed E-state index contributed by atoms with van der Waals surface area (Å²) in [6, 6.07) is 26.0. The average molecular weight is 440 g/mol. The van der Waals surface area contributed by atoms with Crippen molar-refractivity contribution in [3.63, 3.8) is 0 Å². The highest BCUT2D eigenvalue weighted by Gasteiger charge is 2.07. The van der Waals surface area contributed by atoms with Gasteiger partial charge in [-0.25, -0.2) is 0 Å². The van der Waals surface area contributed by atoms with Gasteiger partial charge in [-0.05, 0) is 57.6 Å². The molecule has 0 radical (unpaired) electrons. The maximum atomic E-state index is 3.66. The summed E-state index contributed by atoms with van der Waals surface area (Å²) in [6.07, 6.45) is 2.08. The monoisotopic (exact) mass is 438 g/mol. The van der Waals surface area contributed by atoms with Crippen LogP contribution in [0.4, 0.5) is 0 Å². The second kappa shape index (κ2) is 6.70. The van der Waals surface area contributed by atoms with Gasteiger partial charge in [0.05, 0.1) is 0 Å². The van der Waals surface area contributed by atoms with Crippen molar-refractivity contribution in [1.82, 2.24) is 0 Å². The van der Waals surface area contributed by atoms with Crippen LogP contribution in [0.2, 0.25) is 0 Å². The number of aryl methyl sites for hydroxylation is 2. The van der Waals surface area contributed by atoms with Crippen molar-refractivity contribution in [3.8, 4) is 0 Å². The van der Waals surface area contributed by atoms with Crippen LogP contribution >= 0.6 is 31.9 Å². The Morgan fingerprint density at radius 1 is 0.458 bits per heavy atom. The molecule has 0 aliphatic heterocycles. The van der Waals surface area contributed by atoms with Crippen LogP contribution in [0, 0.1) is 0 Å². The quantitative estimate of drug-likeness (QED) is 0.314. The Bertz CT molecular complexity index is 949. The highest BCUT2D eigenvalue weighted by atomic mass is 79.9. The van der Waals surface area contributed by atoms with E-state index in [0.717, 1.165) is 21.8 Å². The lowest BCUT2D eigenvalue weighted by molar-refractivity contribution is 0.978. The zero-order valence-corrected chi connectivity index (χ0v) is 16.3. The van der Waals surface area contributed by atoms with Gasteiger partial charge in [-0.1, -0.05) is 92.5 Å². The molecule has 2 heteroatoms. The molecule has 0 amide bonds. The van der Waals surface area contributed by atoms with E-state index in [0.29, 0.717) is 0 Å². The molecule has 24 heavy (non-hydrogen) atoms. The fourth-order valence-electron chi connectivity index (χ4n) is 3.35. The third kappa shape index (κ3) is 2.89. The summed E-state index contributed by atoms with van der Waals surface area (Å²) >= 11 is 7.32. The highest BCUT2D eigenvalue weighted by Crippen LogP contribution is 2.30. The lowest BCUT2D eigenvalue weighted by atomic mass is 9.96. The molecule has 0 saturated carbocycles. The molecule has 0 unspecified atom stereocenters. The topological polar surface area (TPSA) is 0 Å². The second-order valence-electron chi connectivity index (χ2n) is 6.00. The standard InChI is InChI=1S/C22H16Br2/c23-21-13-11-15(17-5-1-3-7-19(17)21)9-10-16-12-14-22(24)20-8-4-2-6-18(16)20/h1-8,11-14H,9-10H2. The predicted molar refractivity (Wildman–Crippen MR) is 111 cm³/mol. The molecule has 0 spiro atoms. The van der Waals surface area contributed by atoms with E-state index in [1.54, 1.807) is 0 Å². The molecule has 0 saturated heterocycles. The molecule has 0 heterocycles. The lowest BCUT2D eigenvalue weighted by Crippen LogP contribution is -1.94. The van der Waals surface area contributed by atoms with Crippen molar-refractivity contribution in [1.29, 1.82) is 0 Å². The van der Waals surface area contributed by atoms with Crippen molar-refractivity contribution >= 4 is 53.4 Å². The first-order chi connectivity index (χ1) is 11.7. The molecule has 0 aliphatic carbocycles. The van der Waals surface area contributed by atoms with Crippen LogP contribution < -0.4 is 0 Å². The van der Waals surface area contributed by atoms with E-state index in [1.807, 2.05) is 0 Å². The van der Waals surface area contributed by atoms with Gasteiger partial charge in [-0.15, -0.1) is 0 Å². The van der Waals surface area contributed by atoms with Gasteiger partial charge in [-0.2, -0.15) is 0 Å². The van der Waals surface area contributed by atoms with E-state index in [1.165, 1.54) is 32.7 Å². The zero-order valence-electron chi connectivity index (χ0n) is 13.1. The van der Waals surface area contributed by atoms with E-state index in [4.69, 9.17) is 0 Å². The summed E-state index contributed by atoms with van der Waals surface area (Å²) in [7, 11) is 0. The van der Waals surface area contributed by atoms with Crippen molar-refractivity contribution in [2.24, 2.45) is 0 Å². The van der Waals surface area contributed by atoms with E-state index < -0.39 is 0 Å². The minimum Gasteiger partial charge on any atom is -0.0616 e. The number of benzene rings is 4. The van der Waals surface area contributed by atoms with Gasteiger partial charge in [0.15, 0.2) is 0 Å². The van der Waals surface area contributed by atoms with Crippen LogP contribution in [-0.2, 0) is 12.8 Å². The molecule has 0 N–H and O–H groups in total. The molecule has 0 bridgehead atoms. The second-order valence-corrected chi connectivity index (χ2v) is 7.71. The third-order valence-electron chi connectivity index (χ3n) is 4.59. The molecular weight excluding hydrogens is 424 g/mol. The molecule has 0 aliphatic rings. The minimum absolute atomic E-state index is 1.04. The minimum atomic E-state index is 1.04. The largest absolute Gasteiger partial charge is 0.0616 e. The van der Waals surface area contributed by atoms with Crippen LogP contribution in [0.15, 0.2) is 81.7 Å². The molecule has 0 nitrogen and oxygen atoms in total. The lowest BCUT2D eigenvalue weighted by Gasteiger charge is -2.11. The third-order valence-corrected chi connectivity index (χ3v) is 5.97. The van der Waals surface area contributed by atoms with Crippen molar-refractivity contribution in [3.05, 3.63) is 92.9 Å². The molecule has 0 atom stereocenters. The number of hydrogen-bond donors (Lipinski definition) is 0. The predicted octanol–water partition coefficient (Wildman–Crippen LogP) is 7.30. The number of halogens is 2. The maximum absolute atomic E-state index is 3.66. The van der Waals surface area contributed by atoms with Gasteiger partial charge < -0.3 is 0 Å². The summed E-state index contributed by atoms with van der Waals surface area (Å²) in [5.41, 5.74) is 2.81. The smallest absolute Gasteiger partial charge is 0.0253 e. The first-order valence-corrected chi connectivity index (χ1v) is 9.65. The summed E-state index contributed by atoms with van der Waals surface area (Å²) in [6.45, 7) is 0. The SMILES string of the molecule is Brc1ccc(CCc2ccc(Br)c3ccccc23)c2ccccc12. The number of rotatable bonds is 3. The fourth-order valence-corrected chi connectivity index (χ4v) is 4.31. The van der Waals surface area contributed by atoms with Crippen LogP contribution in [0.5, 0.6) is 0 Å². The Labute approximate surface area is 158 Å². The van der Waals surface area contributed by atoms with E-state index in [-0.39, 0.29) is 0 Å². The van der Waals surface area contributed by atoms with Gasteiger partial charge in [0.2, 0.25) is 0 Å². The van der Waals surface area contributed by atoms with E-state index >= 15 is 0 Å². The Balaban J connectivity index is 1.72. The van der Waals surface area contributed by atoms with Gasteiger partial charge in [0.1, 0.15) is 0 Å². The van der Waals surface area contributed by atoms with E-state index in [2.05, 4.69) is 105 Å².